The van der Waals surface area contributed by atoms with Gasteiger partial charge in [0, 0.05) is 17.7 Å². The Labute approximate surface area is 145 Å². The molecule has 1 aliphatic rings. The minimum atomic E-state index is -4.74. The molecule has 2 aromatic heterocycles. The summed E-state index contributed by atoms with van der Waals surface area (Å²) in [7, 11) is 0. The van der Waals surface area contributed by atoms with Gasteiger partial charge in [0.1, 0.15) is 5.52 Å². The lowest BCUT2D eigenvalue weighted by Gasteiger charge is -2.14. The standard InChI is InChI=1S/C17H14F4N4O/c18-16-12(4-3-10(8-26)22-16)11-5-6-13-15(14(11)17(19,20)21)23-24-25(13)7-9-1-2-9/h3-6,9,26H,1-2,7-8H2. The molecule has 0 aliphatic heterocycles. The van der Waals surface area contributed by atoms with E-state index in [0.29, 0.717) is 12.5 Å². The van der Waals surface area contributed by atoms with Gasteiger partial charge in [-0.25, -0.2) is 9.67 Å². The molecule has 26 heavy (non-hydrogen) atoms. The van der Waals surface area contributed by atoms with Crippen molar-refractivity contribution in [3.05, 3.63) is 41.5 Å². The van der Waals surface area contributed by atoms with E-state index in [1.807, 2.05) is 0 Å². The highest BCUT2D eigenvalue weighted by Crippen LogP contribution is 2.42. The molecule has 5 nitrogen and oxygen atoms in total. The van der Waals surface area contributed by atoms with Crippen LogP contribution in [0, 0.1) is 11.9 Å². The van der Waals surface area contributed by atoms with Crippen molar-refractivity contribution in [2.45, 2.75) is 32.2 Å². The summed E-state index contributed by atoms with van der Waals surface area (Å²) in [6.45, 7) is 0.0200. The van der Waals surface area contributed by atoms with Gasteiger partial charge in [-0.2, -0.15) is 17.6 Å². The predicted octanol–water partition coefficient (Wildman–Crippen LogP) is 3.55. The summed E-state index contributed by atoms with van der Waals surface area (Å²) < 4.78 is 57.0. The highest BCUT2D eigenvalue weighted by Gasteiger charge is 2.38. The summed E-state index contributed by atoms with van der Waals surface area (Å²) in [5, 5.41) is 16.6. The molecule has 1 aromatic carbocycles. The summed E-state index contributed by atoms with van der Waals surface area (Å²) >= 11 is 0. The number of aliphatic hydroxyl groups is 1. The van der Waals surface area contributed by atoms with Crippen molar-refractivity contribution in [1.29, 1.82) is 0 Å². The number of alkyl halides is 3. The third-order valence-corrected chi connectivity index (χ3v) is 4.46. The van der Waals surface area contributed by atoms with E-state index < -0.39 is 24.3 Å². The molecule has 136 valence electrons. The number of rotatable bonds is 4. The van der Waals surface area contributed by atoms with E-state index in [0.717, 1.165) is 12.8 Å². The van der Waals surface area contributed by atoms with E-state index in [1.165, 1.54) is 28.9 Å². The number of aliphatic hydroxyl groups excluding tert-OH is 1. The van der Waals surface area contributed by atoms with E-state index in [2.05, 4.69) is 15.3 Å². The van der Waals surface area contributed by atoms with Crippen molar-refractivity contribution in [3.63, 3.8) is 0 Å². The van der Waals surface area contributed by atoms with Gasteiger partial charge in [-0.15, -0.1) is 5.10 Å². The van der Waals surface area contributed by atoms with Gasteiger partial charge in [-0.05, 0) is 37.0 Å². The quantitative estimate of drug-likeness (QED) is 0.567. The van der Waals surface area contributed by atoms with Crippen LogP contribution in [-0.4, -0.2) is 25.1 Å². The lowest BCUT2D eigenvalue weighted by Crippen LogP contribution is -2.10. The zero-order chi connectivity index (χ0) is 18.5. The monoisotopic (exact) mass is 366 g/mol. The number of fused-ring (bicyclic) bond motifs is 1. The van der Waals surface area contributed by atoms with Crippen LogP contribution in [0.25, 0.3) is 22.2 Å². The second kappa shape index (κ2) is 6.01. The molecule has 1 N–H and O–H groups in total. The normalized spacial score (nSPS) is 15.0. The number of hydrogen-bond acceptors (Lipinski definition) is 4. The van der Waals surface area contributed by atoms with Crippen molar-refractivity contribution in [1.82, 2.24) is 20.0 Å². The Morgan fingerprint density at radius 3 is 2.46 bits per heavy atom. The average Bonchev–Trinajstić information content (AvgIpc) is 3.32. The van der Waals surface area contributed by atoms with E-state index in [-0.39, 0.29) is 27.9 Å². The first kappa shape index (κ1) is 16.9. The maximum absolute atomic E-state index is 14.2. The smallest absolute Gasteiger partial charge is 0.390 e. The average molecular weight is 366 g/mol. The van der Waals surface area contributed by atoms with E-state index >= 15 is 0 Å². The number of nitrogens with zero attached hydrogens (tertiary/aromatic N) is 4. The van der Waals surface area contributed by atoms with Gasteiger partial charge < -0.3 is 5.11 Å². The molecule has 0 bridgehead atoms. The molecule has 0 radical (unpaired) electrons. The first-order valence-corrected chi connectivity index (χ1v) is 8.08. The molecule has 4 rings (SSSR count). The Kier molecular flexibility index (Phi) is 3.91. The van der Waals surface area contributed by atoms with Crippen LogP contribution >= 0.6 is 0 Å². The van der Waals surface area contributed by atoms with Gasteiger partial charge in [0.15, 0.2) is 0 Å². The van der Waals surface area contributed by atoms with Crippen molar-refractivity contribution in [2.75, 3.05) is 0 Å². The predicted molar refractivity (Wildman–Crippen MR) is 84.4 cm³/mol. The molecule has 1 saturated carbocycles. The van der Waals surface area contributed by atoms with Gasteiger partial charge in [0.25, 0.3) is 0 Å². The molecule has 1 fully saturated rings. The van der Waals surface area contributed by atoms with Crippen LogP contribution in [0.15, 0.2) is 24.3 Å². The second-order valence-electron chi connectivity index (χ2n) is 6.37. The fourth-order valence-electron chi connectivity index (χ4n) is 2.99. The van der Waals surface area contributed by atoms with Crippen LogP contribution < -0.4 is 0 Å². The number of hydrogen-bond donors (Lipinski definition) is 1. The van der Waals surface area contributed by atoms with Crippen LogP contribution in [0.1, 0.15) is 24.1 Å². The first-order chi connectivity index (χ1) is 12.4. The number of pyridine rings is 1. The van der Waals surface area contributed by atoms with Gasteiger partial charge in [-0.3, -0.25) is 0 Å². The fourth-order valence-corrected chi connectivity index (χ4v) is 2.99. The third-order valence-electron chi connectivity index (χ3n) is 4.46. The number of benzene rings is 1. The molecule has 1 aliphatic carbocycles. The van der Waals surface area contributed by atoms with Crippen molar-refractivity contribution >= 4 is 11.0 Å². The lowest BCUT2D eigenvalue weighted by molar-refractivity contribution is -0.135. The molecular weight excluding hydrogens is 352 g/mol. The molecule has 0 spiro atoms. The van der Waals surface area contributed by atoms with Gasteiger partial charge >= 0.3 is 6.18 Å². The van der Waals surface area contributed by atoms with Gasteiger partial charge in [0.05, 0.1) is 23.4 Å². The van der Waals surface area contributed by atoms with Crippen LogP contribution in [0.4, 0.5) is 17.6 Å². The first-order valence-electron chi connectivity index (χ1n) is 8.08. The molecule has 0 atom stereocenters. The molecule has 0 amide bonds. The Bertz CT molecular complexity index is 979. The summed E-state index contributed by atoms with van der Waals surface area (Å²) in [5.41, 5.74) is -1.67. The highest BCUT2D eigenvalue weighted by molar-refractivity contribution is 5.87. The van der Waals surface area contributed by atoms with E-state index in [9.17, 15) is 17.6 Å². The minimum Gasteiger partial charge on any atom is -0.390 e. The lowest BCUT2D eigenvalue weighted by atomic mass is 9.98. The van der Waals surface area contributed by atoms with Crippen molar-refractivity contribution < 1.29 is 22.7 Å². The van der Waals surface area contributed by atoms with Gasteiger partial charge in [0.2, 0.25) is 5.95 Å². The largest absolute Gasteiger partial charge is 0.419 e. The minimum absolute atomic E-state index is 0.0382. The van der Waals surface area contributed by atoms with Crippen molar-refractivity contribution in [3.8, 4) is 11.1 Å². The zero-order valence-corrected chi connectivity index (χ0v) is 13.5. The molecule has 9 heteroatoms. The Hall–Kier alpha value is -2.55. The summed E-state index contributed by atoms with van der Waals surface area (Å²) in [5.74, 6) is -0.659. The van der Waals surface area contributed by atoms with Crippen LogP contribution in [-0.2, 0) is 19.3 Å². The van der Waals surface area contributed by atoms with Gasteiger partial charge in [-0.1, -0.05) is 11.3 Å². The summed E-state index contributed by atoms with van der Waals surface area (Å²) in [6.07, 6.45) is -2.68. The van der Waals surface area contributed by atoms with Crippen LogP contribution in [0.3, 0.4) is 0 Å². The Balaban J connectivity index is 1.92. The molecule has 3 aromatic rings. The summed E-state index contributed by atoms with van der Waals surface area (Å²) in [6, 6.07) is 5.16. The fraction of sp³-hybridized carbons (Fsp3) is 0.353. The van der Waals surface area contributed by atoms with E-state index in [4.69, 9.17) is 5.11 Å². The van der Waals surface area contributed by atoms with E-state index in [1.54, 1.807) is 0 Å². The second-order valence-corrected chi connectivity index (χ2v) is 6.37. The maximum atomic E-state index is 14.2. The van der Waals surface area contributed by atoms with Crippen LogP contribution in [0.2, 0.25) is 0 Å². The van der Waals surface area contributed by atoms with Crippen LogP contribution in [0.5, 0.6) is 0 Å². The SMILES string of the molecule is OCc1ccc(-c2ccc3c(nnn3CC3CC3)c2C(F)(F)F)c(F)n1. The third kappa shape index (κ3) is 2.92. The highest BCUT2D eigenvalue weighted by atomic mass is 19.4. The molecule has 0 saturated heterocycles. The zero-order valence-electron chi connectivity index (χ0n) is 13.5. The molecule has 0 unspecified atom stereocenters. The van der Waals surface area contributed by atoms with Crippen molar-refractivity contribution in [2.24, 2.45) is 5.92 Å². The molecular formula is C17H14F4N4O. The summed E-state index contributed by atoms with van der Waals surface area (Å²) in [4.78, 5) is 3.50. The number of aromatic nitrogens is 4. The molecule has 2 heterocycles. The number of halogens is 4. The maximum Gasteiger partial charge on any atom is 0.419 e. The Morgan fingerprint density at radius 1 is 1.12 bits per heavy atom. The topological polar surface area (TPSA) is 63.8 Å². The Morgan fingerprint density at radius 2 is 1.85 bits per heavy atom.